The molecule has 1 aromatic carbocycles. The lowest BCUT2D eigenvalue weighted by Gasteiger charge is -2.26. The maximum Gasteiger partial charge on any atom is 0.241 e. The van der Waals surface area contributed by atoms with E-state index in [1.165, 1.54) is 11.1 Å². The van der Waals surface area contributed by atoms with E-state index in [1.54, 1.807) is 4.90 Å². The van der Waals surface area contributed by atoms with Gasteiger partial charge in [0, 0.05) is 18.9 Å². The molecule has 1 aliphatic carbocycles. The summed E-state index contributed by atoms with van der Waals surface area (Å²) in [6, 6.07) is 10.0. The number of amides is 1. The van der Waals surface area contributed by atoms with Crippen LogP contribution in [0, 0.1) is 23.2 Å². The molecule has 0 aromatic heterocycles. The van der Waals surface area contributed by atoms with Crippen LogP contribution in [-0.2, 0) is 22.4 Å². The molecule has 1 N–H and O–H groups in total. The summed E-state index contributed by atoms with van der Waals surface area (Å²) < 4.78 is 0. The van der Waals surface area contributed by atoms with Crippen molar-refractivity contribution in [2.24, 2.45) is 11.8 Å². The van der Waals surface area contributed by atoms with Gasteiger partial charge >= 0.3 is 0 Å². The smallest absolute Gasteiger partial charge is 0.241 e. The van der Waals surface area contributed by atoms with Gasteiger partial charge in [-0.15, -0.1) is 0 Å². The van der Waals surface area contributed by atoms with Gasteiger partial charge < -0.3 is 10.2 Å². The molecule has 5 heteroatoms. The number of nitrogens with one attached hydrogen (secondary N) is 1. The molecule has 2 aliphatic heterocycles. The number of nitrogens with zero attached hydrogens (tertiary/aromatic N) is 2. The molecule has 0 spiro atoms. The number of hydrogen-bond acceptors (Lipinski definition) is 4. The fourth-order valence-electron chi connectivity index (χ4n) is 5.04. The number of carbonyl (C=O) groups is 2. The standard InChI is InChI=1S/C22H27N3O2/c23-14-18-6-3-11-25(18)22(27)21-19(9-10-24-21)20(26)8-7-15-12-16-4-1-2-5-17(16)13-15/h1-2,4-5,15,18-19,21,24H,3,6-13H2/t18-,19?,21+/m0/s1. The minimum absolute atomic E-state index is 0.0526. The van der Waals surface area contributed by atoms with E-state index >= 15 is 0 Å². The van der Waals surface area contributed by atoms with E-state index in [0.717, 1.165) is 38.5 Å². The number of nitriles is 1. The Kier molecular flexibility index (Phi) is 5.27. The predicted octanol–water partition coefficient (Wildman–Crippen LogP) is 2.24. The van der Waals surface area contributed by atoms with Crippen LogP contribution < -0.4 is 5.32 Å². The van der Waals surface area contributed by atoms with E-state index in [4.69, 9.17) is 0 Å². The van der Waals surface area contributed by atoms with Gasteiger partial charge in [0.1, 0.15) is 11.8 Å². The van der Waals surface area contributed by atoms with Gasteiger partial charge in [-0.2, -0.15) is 5.26 Å². The zero-order valence-electron chi connectivity index (χ0n) is 15.7. The zero-order valence-corrected chi connectivity index (χ0v) is 15.7. The molecular weight excluding hydrogens is 338 g/mol. The lowest BCUT2D eigenvalue weighted by atomic mass is 9.89. The Morgan fingerprint density at radius 3 is 2.63 bits per heavy atom. The van der Waals surface area contributed by atoms with Crippen LogP contribution in [-0.4, -0.2) is 41.8 Å². The summed E-state index contributed by atoms with van der Waals surface area (Å²) in [5, 5.41) is 12.5. The monoisotopic (exact) mass is 365 g/mol. The number of ketones is 1. The summed E-state index contributed by atoms with van der Waals surface area (Å²) >= 11 is 0. The Morgan fingerprint density at radius 2 is 1.93 bits per heavy atom. The van der Waals surface area contributed by atoms with Gasteiger partial charge in [-0.3, -0.25) is 9.59 Å². The summed E-state index contributed by atoms with van der Waals surface area (Å²) in [5.74, 6) is 0.461. The van der Waals surface area contributed by atoms with Gasteiger partial charge in [-0.25, -0.2) is 0 Å². The van der Waals surface area contributed by atoms with E-state index in [0.29, 0.717) is 25.4 Å². The Balaban J connectivity index is 1.33. The summed E-state index contributed by atoms with van der Waals surface area (Å²) in [5.41, 5.74) is 2.84. The molecule has 0 saturated carbocycles. The first-order chi connectivity index (χ1) is 13.2. The Hall–Kier alpha value is -2.19. The summed E-state index contributed by atoms with van der Waals surface area (Å²) in [6.07, 6.45) is 5.92. The van der Waals surface area contributed by atoms with Crippen LogP contribution in [0.15, 0.2) is 24.3 Å². The third kappa shape index (κ3) is 3.64. The number of carbonyl (C=O) groups excluding carboxylic acids is 2. The van der Waals surface area contributed by atoms with E-state index < -0.39 is 6.04 Å². The molecule has 2 heterocycles. The van der Waals surface area contributed by atoms with E-state index in [2.05, 4.69) is 35.7 Å². The zero-order chi connectivity index (χ0) is 18.8. The second kappa shape index (κ2) is 7.82. The summed E-state index contributed by atoms with van der Waals surface area (Å²) in [4.78, 5) is 27.5. The van der Waals surface area contributed by atoms with Crippen LogP contribution in [0.3, 0.4) is 0 Å². The second-order valence-corrected chi connectivity index (χ2v) is 8.19. The SMILES string of the molecule is N#C[C@@H]1CCCN1C(=O)[C@@H]1NCCC1C(=O)CCC1Cc2ccccc2C1. The van der Waals surface area contributed by atoms with Gasteiger partial charge in [0.15, 0.2) is 0 Å². The van der Waals surface area contributed by atoms with Crippen molar-refractivity contribution in [1.82, 2.24) is 10.2 Å². The molecule has 27 heavy (non-hydrogen) atoms. The first-order valence-electron chi connectivity index (χ1n) is 10.2. The van der Waals surface area contributed by atoms with Gasteiger partial charge in [-0.1, -0.05) is 24.3 Å². The average molecular weight is 365 g/mol. The molecule has 3 atom stereocenters. The number of Topliss-reactive ketones (excluding diaryl/α,β-unsaturated/α-hetero) is 1. The molecule has 1 aromatic rings. The van der Waals surface area contributed by atoms with Gasteiger partial charge in [-0.05, 0) is 62.1 Å². The Labute approximate surface area is 160 Å². The first kappa shape index (κ1) is 18.2. The molecule has 3 aliphatic rings. The highest BCUT2D eigenvalue weighted by Crippen LogP contribution is 2.31. The fourth-order valence-corrected chi connectivity index (χ4v) is 5.04. The lowest BCUT2D eigenvalue weighted by Crippen LogP contribution is -2.49. The number of likely N-dealkylation sites (tertiary alicyclic amines) is 1. The summed E-state index contributed by atoms with van der Waals surface area (Å²) in [7, 11) is 0. The number of rotatable bonds is 5. The van der Waals surface area contributed by atoms with Gasteiger partial charge in [0.2, 0.25) is 5.91 Å². The topological polar surface area (TPSA) is 73.2 Å². The third-order valence-electron chi connectivity index (χ3n) is 6.52. The average Bonchev–Trinajstić information content (AvgIpc) is 3.43. The van der Waals surface area contributed by atoms with Crippen molar-refractivity contribution in [3.63, 3.8) is 0 Å². The minimum Gasteiger partial charge on any atom is -0.325 e. The quantitative estimate of drug-likeness (QED) is 0.869. The minimum atomic E-state index is -0.438. The molecule has 142 valence electrons. The van der Waals surface area contributed by atoms with E-state index in [9.17, 15) is 14.9 Å². The second-order valence-electron chi connectivity index (χ2n) is 8.19. The third-order valence-corrected chi connectivity index (χ3v) is 6.52. The number of hydrogen-bond donors (Lipinski definition) is 1. The molecule has 2 fully saturated rings. The molecule has 1 unspecified atom stereocenters. The first-order valence-corrected chi connectivity index (χ1v) is 10.2. The summed E-state index contributed by atoms with van der Waals surface area (Å²) in [6.45, 7) is 1.34. The molecule has 0 bridgehead atoms. The highest BCUT2D eigenvalue weighted by atomic mass is 16.2. The number of benzene rings is 1. The maximum absolute atomic E-state index is 12.9. The highest BCUT2D eigenvalue weighted by molar-refractivity contribution is 5.92. The normalized spacial score (nSPS) is 27.5. The predicted molar refractivity (Wildman–Crippen MR) is 102 cm³/mol. The molecular formula is C22H27N3O2. The van der Waals surface area contributed by atoms with Crippen LogP contribution in [0.4, 0.5) is 0 Å². The molecule has 1 amide bonds. The fraction of sp³-hybridized carbons (Fsp3) is 0.591. The lowest BCUT2D eigenvalue weighted by molar-refractivity contribution is -0.137. The Bertz CT molecular complexity index is 744. The Morgan fingerprint density at radius 1 is 1.19 bits per heavy atom. The van der Waals surface area contributed by atoms with Crippen LogP contribution in [0.5, 0.6) is 0 Å². The van der Waals surface area contributed by atoms with Crippen molar-refractivity contribution in [1.29, 1.82) is 5.26 Å². The largest absolute Gasteiger partial charge is 0.325 e. The van der Waals surface area contributed by atoms with Gasteiger partial charge in [0.05, 0.1) is 12.1 Å². The van der Waals surface area contributed by atoms with Crippen molar-refractivity contribution in [3.8, 4) is 6.07 Å². The van der Waals surface area contributed by atoms with Crippen molar-refractivity contribution in [3.05, 3.63) is 35.4 Å². The highest BCUT2D eigenvalue weighted by Gasteiger charge is 2.42. The van der Waals surface area contributed by atoms with Crippen molar-refractivity contribution in [2.45, 2.75) is 57.0 Å². The van der Waals surface area contributed by atoms with Crippen molar-refractivity contribution < 1.29 is 9.59 Å². The molecule has 2 saturated heterocycles. The number of fused-ring (bicyclic) bond motifs is 1. The molecule has 5 nitrogen and oxygen atoms in total. The van der Waals surface area contributed by atoms with Crippen LogP contribution in [0.25, 0.3) is 0 Å². The van der Waals surface area contributed by atoms with Crippen LogP contribution >= 0.6 is 0 Å². The van der Waals surface area contributed by atoms with Crippen LogP contribution in [0.1, 0.15) is 43.2 Å². The van der Waals surface area contributed by atoms with Crippen LogP contribution in [0.2, 0.25) is 0 Å². The van der Waals surface area contributed by atoms with Crippen molar-refractivity contribution >= 4 is 11.7 Å². The van der Waals surface area contributed by atoms with E-state index in [1.807, 2.05) is 0 Å². The molecule has 0 radical (unpaired) electrons. The van der Waals surface area contributed by atoms with Crippen molar-refractivity contribution in [2.75, 3.05) is 13.1 Å². The van der Waals surface area contributed by atoms with Gasteiger partial charge in [0.25, 0.3) is 0 Å². The van der Waals surface area contributed by atoms with E-state index in [-0.39, 0.29) is 23.7 Å². The maximum atomic E-state index is 12.9. The molecule has 4 rings (SSSR count).